The molecular formula is C11H8F6O5S. The first-order chi connectivity index (χ1) is 10.3. The summed E-state index contributed by atoms with van der Waals surface area (Å²) < 4.78 is 104. The zero-order valence-electron chi connectivity index (χ0n) is 11.1. The smallest absolute Gasteiger partial charge is 0.465 e. The van der Waals surface area contributed by atoms with Crippen molar-refractivity contribution in [3.8, 4) is 0 Å². The Labute approximate surface area is 125 Å². The number of methoxy groups -OCH3 is 1. The number of ether oxygens (including phenoxy) is 1. The lowest BCUT2D eigenvalue weighted by Gasteiger charge is -2.21. The molecule has 0 N–H and O–H groups in total. The zero-order chi connectivity index (χ0) is 18.1. The molecule has 23 heavy (non-hydrogen) atoms. The highest BCUT2D eigenvalue weighted by Crippen LogP contribution is 2.40. The maximum absolute atomic E-state index is 12.8. The lowest BCUT2D eigenvalue weighted by molar-refractivity contribution is -0.200. The second-order valence-electron chi connectivity index (χ2n) is 4.03. The molecule has 0 aromatic heterocycles. The fourth-order valence-electron chi connectivity index (χ4n) is 1.39. The molecule has 5 nitrogen and oxygen atoms in total. The maximum atomic E-state index is 12.8. The number of esters is 1. The summed E-state index contributed by atoms with van der Waals surface area (Å²) in [4.78, 5) is 11.1. The number of carbonyl (C=O) groups is 1. The summed E-state index contributed by atoms with van der Waals surface area (Å²) in [6, 6.07) is 2.86. The van der Waals surface area contributed by atoms with Crippen LogP contribution in [0.5, 0.6) is 0 Å². The van der Waals surface area contributed by atoms with Crippen LogP contribution in [-0.4, -0.2) is 33.2 Å². The third-order valence-electron chi connectivity index (χ3n) is 2.44. The van der Waals surface area contributed by atoms with Gasteiger partial charge < -0.3 is 4.74 Å². The van der Waals surface area contributed by atoms with Crippen molar-refractivity contribution in [3.05, 3.63) is 35.4 Å². The Morgan fingerprint density at radius 2 is 1.52 bits per heavy atom. The molecule has 1 unspecified atom stereocenters. The van der Waals surface area contributed by atoms with Gasteiger partial charge in [0.1, 0.15) is 0 Å². The Kier molecular flexibility index (Phi) is 5.31. The molecule has 0 aliphatic rings. The van der Waals surface area contributed by atoms with Crippen molar-refractivity contribution in [1.82, 2.24) is 0 Å². The molecule has 1 atom stereocenters. The number of rotatable bonds is 4. The molecule has 0 saturated carbocycles. The maximum Gasteiger partial charge on any atom is 0.523 e. The van der Waals surface area contributed by atoms with E-state index < -0.39 is 39.4 Å². The second kappa shape index (κ2) is 6.35. The van der Waals surface area contributed by atoms with E-state index in [2.05, 4.69) is 8.92 Å². The number of alkyl halides is 6. The summed E-state index contributed by atoms with van der Waals surface area (Å²) in [7, 11) is -5.46. The predicted molar refractivity (Wildman–Crippen MR) is 62.6 cm³/mol. The van der Waals surface area contributed by atoms with Crippen molar-refractivity contribution in [2.45, 2.75) is 17.8 Å². The zero-order valence-corrected chi connectivity index (χ0v) is 11.9. The molecule has 0 aliphatic carbocycles. The van der Waals surface area contributed by atoms with Crippen LogP contribution in [0.15, 0.2) is 24.3 Å². The van der Waals surface area contributed by atoms with Crippen molar-refractivity contribution in [2.75, 3.05) is 7.11 Å². The average molecular weight is 366 g/mol. The van der Waals surface area contributed by atoms with Crippen LogP contribution in [0.1, 0.15) is 22.0 Å². The number of hydrogen-bond acceptors (Lipinski definition) is 5. The summed E-state index contributed by atoms with van der Waals surface area (Å²) in [5.74, 6) is -0.899. The Morgan fingerprint density at radius 3 is 1.87 bits per heavy atom. The lowest BCUT2D eigenvalue weighted by Crippen LogP contribution is -2.32. The van der Waals surface area contributed by atoms with E-state index in [1.165, 1.54) is 0 Å². The van der Waals surface area contributed by atoms with Gasteiger partial charge in [0.2, 0.25) is 0 Å². The molecule has 1 rings (SSSR count). The minimum atomic E-state index is -6.47. The minimum absolute atomic E-state index is 0.184. The van der Waals surface area contributed by atoms with E-state index in [1.54, 1.807) is 0 Å². The highest BCUT2D eigenvalue weighted by molar-refractivity contribution is 7.87. The fourth-order valence-corrected chi connectivity index (χ4v) is 1.97. The van der Waals surface area contributed by atoms with Crippen LogP contribution in [0, 0.1) is 0 Å². The van der Waals surface area contributed by atoms with Gasteiger partial charge in [-0.1, -0.05) is 12.1 Å². The minimum Gasteiger partial charge on any atom is -0.465 e. The molecule has 0 amide bonds. The van der Waals surface area contributed by atoms with Gasteiger partial charge in [-0.15, -0.1) is 0 Å². The van der Waals surface area contributed by atoms with Gasteiger partial charge in [0.15, 0.2) is 6.10 Å². The Hall–Kier alpha value is -1.82. The average Bonchev–Trinajstić information content (AvgIpc) is 2.42. The first-order valence-corrected chi connectivity index (χ1v) is 6.95. The van der Waals surface area contributed by atoms with Gasteiger partial charge in [0, 0.05) is 0 Å². The van der Waals surface area contributed by atoms with Gasteiger partial charge in [-0.05, 0) is 17.7 Å². The number of hydrogen-bond donors (Lipinski definition) is 0. The second-order valence-corrected chi connectivity index (χ2v) is 5.59. The van der Waals surface area contributed by atoms with Crippen LogP contribution in [0.3, 0.4) is 0 Å². The highest BCUT2D eigenvalue weighted by Gasteiger charge is 2.53. The first-order valence-electron chi connectivity index (χ1n) is 5.54. The van der Waals surface area contributed by atoms with Gasteiger partial charge in [-0.3, -0.25) is 0 Å². The number of benzene rings is 1. The molecular weight excluding hydrogens is 358 g/mol. The number of halogens is 6. The van der Waals surface area contributed by atoms with Gasteiger partial charge in [0.25, 0.3) is 0 Å². The standard InChI is InChI=1S/C11H8F6O5S/c1-21-9(18)7-4-2-6(3-5-7)8(10(12,13)14)22-23(19,20)11(15,16)17/h2-5,8H,1H3. The van der Waals surface area contributed by atoms with Crippen molar-refractivity contribution in [3.63, 3.8) is 0 Å². The Bertz CT molecular complexity index is 662. The van der Waals surface area contributed by atoms with Crippen LogP contribution in [0.25, 0.3) is 0 Å². The molecule has 0 spiro atoms. The largest absolute Gasteiger partial charge is 0.523 e. The third kappa shape index (κ3) is 4.58. The summed E-state index contributed by atoms with van der Waals surface area (Å²) in [6.07, 6.45) is -8.81. The van der Waals surface area contributed by atoms with Crippen LogP contribution >= 0.6 is 0 Å². The van der Waals surface area contributed by atoms with E-state index in [0.717, 1.165) is 19.2 Å². The molecule has 0 fully saturated rings. The van der Waals surface area contributed by atoms with Crippen LogP contribution in [0.2, 0.25) is 0 Å². The summed E-state index contributed by atoms with van der Waals surface area (Å²) in [6.45, 7) is 0. The molecule has 1 aromatic rings. The van der Waals surface area contributed by atoms with E-state index in [-0.39, 0.29) is 5.56 Å². The van der Waals surface area contributed by atoms with E-state index >= 15 is 0 Å². The molecule has 0 radical (unpaired) electrons. The molecule has 0 heterocycles. The number of carbonyl (C=O) groups excluding carboxylic acids is 1. The van der Waals surface area contributed by atoms with E-state index in [0.29, 0.717) is 12.1 Å². The van der Waals surface area contributed by atoms with E-state index in [9.17, 15) is 39.6 Å². The van der Waals surface area contributed by atoms with Crippen LogP contribution in [0.4, 0.5) is 26.3 Å². The molecule has 12 heteroatoms. The Balaban J connectivity index is 3.22. The quantitative estimate of drug-likeness (QED) is 0.355. The molecule has 0 saturated heterocycles. The van der Waals surface area contributed by atoms with Crippen LogP contribution in [-0.2, 0) is 19.0 Å². The van der Waals surface area contributed by atoms with Gasteiger partial charge >= 0.3 is 27.8 Å². The van der Waals surface area contributed by atoms with Crippen molar-refractivity contribution in [1.29, 1.82) is 0 Å². The predicted octanol–water partition coefficient (Wildman–Crippen LogP) is 2.94. The molecule has 1 aromatic carbocycles. The Morgan fingerprint density at radius 1 is 1.04 bits per heavy atom. The van der Waals surface area contributed by atoms with Crippen molar-refractivity contribution < 1.29 is 48.5 Å². The van der Waals surface area contributed by atoms with E-state index in [1.807, 2.05) is 0 Å². The molecule has 0 bridgehead atoms. The first kappa shape index (κ1) is 19.2. The molecule has 130 valence electrons. The topological polar surface area (TPSA) is 69.7 Å². The van der Waals surface area contributed by atoms with Gasteiger partial charge in [-0.2, -0.15) is 34.8 Å². The highest BCUT2D eigenvalue weighted by atomic mass is 32.2. The molecule has 0 aliphatic heterocycles. The normalized spacial score (nSPS) is 14.4. The van der Waals surface area contributed by atoms with E-state index in [4.69, 9.17) is 0 Å². The van der Waals surface area contributed by atoms with Gasteiger partial charge in [-0.25, -0.2) is 8.98 Å². The third-order valence-corrected chi connectivity index (χ3v) is 3.45. The van der Waals surface area contributed by atoms with Crippen LogP contribution < -0.4 is 0 Å². The van der Waals surface area contributed by atoms with Crippen molar-refractivity contribution >= 4 is 16.1 Å². The summed E-state index contributed by atoms with van der Waals surface area (Å²) in [5.41, 5.74) is -7.13. The SMILES string of the molecule is COC(=O)c1ccc(C(OS(=O)(=O)C(F)(F)F)C(F)(F)F)cc1. The summed E-state index contributed by atoms with van der Waals surface area (Å²) >= 11 is 0. The lowest BCUT2D eigenvalue weighted by atomic mass is 10.1. The van der Waals surface area contributed by atoms with Gasteiger partial charge in [0.05, 0.1) is 12.7 Å². The monoisotopic (exact) mass is 366 g/mol. The van der Waals surface area contributed by atoms with Crippen molar-refractivity contribution in [2.24, 2.45) is 0 Å². The summed E-state index contributed by atoms with van der Waals surface area (Å²) in [5, 5.41) is 0. The fraction of sp³-hybridized carbons (Fsp3) is 0.364.